The van der Waals surface area contributed by atoms with E-state index in [0.29, 0.717) is 10.7 Å². The molecule has 154 valence electrons. The molecule has 3 aliphatic heterocycles. The molecule has 2 amide bonds. The summed E-state index contributed by atoms with van der Waals surface area (Å²) in [5.41, 5.74) is -0.770. The number of anilines is 1. The minimum Gasteiger partial charge on any atom is -0.361 e. The SMILES string of the molecule is O=C1[C@@H]2[C@@H]3C=C[C@](CNS(=O)(=O)c4ccccc4)(O3)[C@@H]2C(=O)N1c1ccc(Cl)cc1. The van der Waals surface area contributed by atoms with Gasteiger partial charge in [0.2, 0.25) is 21.8 Å². The molecule has 2 fully saturated rings. The van der Waals surface area contributed by atoms with Gasteiger partial charge in [0.1, 0.15) is 5.60 Å². The van der Waals surface area contributed by atoms with Crippen LogP contribution in [0.1, 0.15) is 0 Å². The molecule has 2 bridgehead atoms. The summed E-state index contributed by atoms with van der Waals surface area (Å²) >= 11 is 5.92. The van der Waals surface area contributed by atoms with Gasteiger partial charge in [-0.05, 0) is 36.4 Å². The Labute approximate surface area is 178 Å². The molecule has 0 unspecified atom stereocenters. The number of sulfonamides is 1. The zero-order valence-corrected chi connectivity index (χ0v) is 17.1. The van der Waals surface area contributed by atoms with Gasteiger partial charge >= 0.3 is 0 Å². The van der Waals surface area contributed by atoms with E-state index in [1.165, 1.54) is 12.1 Å². The molecule has 2 aromatic rings. The van der Waals surface area contributed by atoms with Gasteiger partial charge in [-0.15, -0.1) is 0 Å². The number of nitrogens with zero attached hydrogens (tertiary/aromatic N) is 1. The van der Waals surface area contributed by atoms with Crippen LogP contribution in [0.15, 0.2) is 71.6 Å². The minimum atomic E-state index is -3.80. The van der Waals surface area contributed by atoms with Crippen molar-refractivity contribution in [3.8, 4) is 0 Å². The molecule has 1 N–H and O–H groups in total. The Kier molecular flexibility index (Phi) is 4.37. The summed E-state index contributed by atoms with van der Waals surface area (Å²) in [7, 11) is -3.80. The highest BCUT2D eigenvalue weighted by Gasteiger charge is 2.67. The van der Waals surface area contributed by atoms with Crippen molar-refractivity contribution in [2.75, 3.05) is 11.4 Å². The average molecular weight is 445 g/mol. The fourth-order valence-electron chi connectivity index (χ4n) is 4.44. The van der Waals surface area contributed by atoms with Gasteiger partial charge in [-0.3, -0.25) is 9.59 Å². The molecule has 3 aliphatic rings. The summed E-state index contributed by atoms with van der Waals surface area (Å²) in [6.07, 6.45) is 2.86. The molecule has 0 radical (unpaired) electrons. The van der Waals surface area contributed by atoms with E-state index in [-0.39, 0.29) is 17.3 Å². The Bertz CT molecular complexity index is 1170. The molecular formula is C21H17ClN2O5S. The summed E-state index contributed by atoms with van der Waals surface area (Å²) < 4.78 is 33.8. The van der Waals surface area contributed by atoms with Gasteiger partial charge in [-0.2, -0.15) is 0 Å². The molecule has 0 saturated carbocycles. The van der Waals surface area contributed by atoms with Crippen molar-refractivity contribution in [3.63, 3.8) is 0 Å². The number of carbonyl (C=O) groups is 2. The van der Waals surface area contributed by atoms with E-state index in [1.807, 2.05) is 0 Å². The molecule has 0 spiro atoms. The van der Waals surface area contributed by atoms with E-state index in [9.17, 15) is 18.0 Å². The Morgan fingerprint density at radius 1 is 1.03 bits per heavy atom. The predicted molar refractivity (Wildman–Crippen MR) is 109 cm³/mol. The lowest BCUT2D eigenvalue weighted by Gasteiger charge is -2.29. The Balaban J connectivity index is 1.43. The van der Waals surface area contributed by atoms with E-state index in [0.717, 1.165) is 4.90 Å². The van der Waals surface area contributed by atoms with Crippen molar-refractivity contribution in [1.29, 1.82) is 0 Å². The number of benzene rings is 2. The number of fused-ring (bicyclic) bond motifs is 5. The van der Waals surface area contributed by atoms with Crippen LogP contribution in [0.3, 0.4) is 0 Å². The van der Waals surface area contributed by atoms with Crippen molar-refractivity contribution in [3.05, 3.63) is 71.8 Å². The normalized spacial score (nSPS) is 29.6. The molecule has 9 heteroatoms. The van der Waals surface area contributed by atoms with E-state index < -0.39 is 39.5 Å². The molecule has 0 aliphatic carbocycles. The number of nitrogens with one attached hydrogen (secondary N) is 1. The lowest BCUT2D eigenvalue weighted by Crippen LogP contribution is -2.48. The lowest BCUT2D eigenvalue weighted by atomic mass is 9.77. The van der Waals surface area contributed by atoms with Crippen LogP contribution in [-0.4, -0.2) is 38.5 Å². The summed E-state index contributed by atoms with van der Waals surface area (Å²) in [5.74, 6) is -2.24. The van der Waals surface area contributed by atoms with Crippen molar-refractivity contribution in [2.24, 2.45) is 11.8 Å². The molecule has 3 heterocycles. The molecule has 7 nitrogen and oxygen atoms in total. The highest BCUT2D eigenvalue weighted by Crippen LogP contribution is 2.52. The first-order chi connectivity index (χ1) is 14.3. The number of carbonyl (C=O) groups excluding carboxylic acids is 2. The van der Waals surface area contributed by atoms with Crippen LogP contribution in [0.4, 0.5) is 5.69 Å². The highest BCUT2D eigenvalue weighted by molar-refractivity contribution is 7.89. The summed E-state index contributed by atoms with van der Waals surface area (Å²) in [4.78, 5) is 27.6. The van der Waals surface area contributed by atoms with Crippen molar-refractivity contribution in [1.82, 2.24) is 4.72 Å². The second-order valence-electron chi connectivity index (χ2n) is 7.53. The zero-order valence-electron chi connectivity index (χ0n) is 15.6. The van der Waals surface area contributed by atoms with Gasteiger partial charge in [0.05, 0.1) is 28.5 Å². The fourth-order valence-corrected chi connectivity index (χ4v) is 5.67. The fraction of sp³-hybridized carbons (Fsp3) is 0.238. The van der Waals surface area contributed by atoms with Crippen molar-refractivity contribution < 1.29 is 22.7 Å². The summed E-state index contributed by atoms with van der Waals surface area (Å²) in [6, 6.07) is 14.4. The third-order valence-corrected chi connectivity index (χ3v) is 7.50. The first-order valence-corrected chi connectivity index (χ1v) is 11.2. The van der Waals surface area contributed by atoms with E-state index >= 15 is 0 Å². The summed E-state index contributed by atoms with van der Waals surface area (Å²) in [5, 5.41) is 0.495. The van der Waals surface area contributed by atoms with Crippen molar-refractivity contribution >= 4 is 39.1 Å². The third kappa shape index (κ3) is 2.83. The Morgan fingerprint density at radius 3 is 2.43 bits per heavy atom. The largest absolute Gasteiger partial charge is 0.361 e. The molecule has 2 saturated heterocycles. The van der Waals surface area contributed by atoms with E-state index in [1.54, 1.807) is 54.6 Å². The van der Waals surface area contributed by atoms with Crippen LogP contribution in [0.5, 0.6) is 0 Å². The van der Waals surface area contributed by atoms with Crippen molar-refractivity contribution in [2.45, 2.75) is 16.6 Å². The summed E-state index contributed by atoms with van der Waals surface area (Å²) in [6.45, 7) is -0.147. The van der Waals surface area contributed by atoms with E-state index in [4.69, 9.17) is 16.3 Å². The number of imide groups is 1. The first-order valence-electron chi connectivity index (χ1n) is 9.38. The molecular weight excluding hydrogens is 428 g/mol. The average Bonchev–Trinajstić information content (AvgIpc) is 3.39. The highest BCUT2D eigenvalue weighted by atomic mass is 35.5. The molecule has 5 rings (SSSR count). The topological polar surface area (TPSA) is 92.8 Å². The van der Waals surface area contributed by atoms with Crippen LogP contribution in [0.2, 0.25) is 5.02 Å². The molecule has 0 aromatic heterocycles. The third-order valence-electron chi connectivity index (χ3n) is 5.83. The van der Waals surface area contributed by atoms with Crippen LogP contribution < -0.4 is 9.62 Å². The number of hydrogen-bond donors (Lipinski definition) is 1. The number of amides is 2. The van der Waals surface area contributed by atoms with Crippen LogP contribution in [0.25, 0.3) is 0 Å². The standard InChI is InChI=1S/C21H17ClN2O5S/c22-13-6-8-14(9-7-13)24-19(25)17-16-10-11-21(29-16,18(17)20(24)26)12-23-30(27,28)15-4-2-1-3-5-15/h1-11,16-18,23H,12H2/t16-,17+,18-,21+/m0/s1. The molecule has 30 heavy (non-hydrogen) atoms. The monoisotopic (exact) mass is 444 g/mol. The maximum atomic E-state index is 13.3. The predicted octanol–water partition coefficient (Wildman–Crippen LogP) is 2.13. The van der Waals surface area contributed by atoms with Crippen LogP contribution in [0, 0.1) is 11.8 Å². The van der Waals surface area contributed by atoms with Gasteiger partial charge in [-0.25, -0.2) is 18.0 Å². The quantitative estimate of drug-likeness (QED) is 0.563. The van der Waals surface area contributed by atoms with Gasteiger partial charge in [-0.1, -0.05) is 42.0 Å². The molecule has 2 aromatic carbocycles. The van der Waals surface area contributed by atoms with Crippen LogP contribution >= 0.6 is 11.6 Å². The van der Waals surface area contributed by atoms with Gasteiger partial charge < -0.3 is 4.74 Å². The number of rotatable bonds is 5. The Hall–Kier alpha value is -2.52. The number of ether oxygens (including phenoxy) is 1. The van der Waals surface area contributed by atoms with Gasteiger partial charge in [0.15, 0.2) is 0 Å². The number of hydrogen-bond acceptors (Lipinski definition) is 5. The Morgan fingerprint density at radius 2 is 1.73 bits per heavy atom. The smallest absolute Gasteiger partial charge is 0.241 e. The zero-order chi connectivity index (χ0) is 21.1. The van der Waals surface area contributed by atoms with Crippen LogP contribution in [-0.2, 0) is 24.3 Å². The second-order valence-corrected chi connectivity index (χ2v) is 9.73. The second kappa shape index (κ2) is 6.75. The lowest BCUT2D eigenvalue weighted by molar-refractivity contribution is -0.126. The first kappa shape index (κ1) is 19.4. The molecule has 4 atom stereocenters. The number of halogens is 1. The maximum Gasteiger partial charge on any atom is 0.241 e. The van der Waals surface area contributed by atoms with Gasteiger partial charge in [0.25, 0.3) is 0 Å². The minimum absolute atomic E-state index is 0.117. The maximum absolute atomic E-state index is 13.3. The van der Waals surface area contributed by atoms with Gasteiger partial charge in [0, 0.05) is 11.6 Å². The van der Waals surface area contributed by atoms with E-state index in [2.05, 4.69) is 4.72 Å².